The lowest BCUT2D eigenvalue weighted by Crippen LogP contribution is -2.49. The number of nitrogens with one attached hydrogen (secondary N) is 1. The maximum atomic E-state index is 12.1. The number of rotatable bonds is 4. The van der Waals surface area contributed by atoms with Crippen molar-refractivity contribution < 1.29 is 9.53 Å². The fourth-order valence-corrected chi connectivity index (χ4v) is 1.48. The zero-order valence-corrected chi connectivity index (χ0v) is 12.3. The predicted octanol–water partition coefficient (Wildman–Crippen LogP) is 3.14. The minimum absolute atomic E-state index is 0.147. The Labute approximate surface area is 113 Å². The monoisotopic (exact) mass is 269 g/mol. The van der Waals surface area contributed by atoms with Crippen molar-refractivity contribution in [2.45, 2.75) is 38.6 Å². The number of methoxy groups -OCH3 is 1. The molecule has 0 aliphatic rings. The third-order valence-corrected chi connectivity index (χ3v) is 3.65. The molecule has 0 spiro atoms. The van der Waals surface area contributed by atoms with Gasteiger partial charge in [-0.2, -0.15) is 0 Å². The summed E-state index contributed by atoms with van der Waals surface area (Å²) in [5.41, 5.74) is 1.11. The van der Waals surface area contributed by atoms with E-state index in [1.807, 2.05) is 33.8 Å². The first kappa shape index (κ1) is 14.8. The van der Waals surface area contributed by atoms with Gasteiger partial charge in [0.05, 0.1) is 18.0 Å². The maximum absolute atomic E-state index is 12.1. The van der Waals surface area contributed by atoms with Crippen LogP contribution in [0, 0.1) is 6.92 Å². The number of carbonyl (C=O) groups is 1. The molecule has 1 unspecified atom stereocenters. The summed E-state index contributed by atoms with van der Waals surface area (Å²) < 4.78 is 5.21. The van der Waals surface area contributed by atoms with Crippen LogP contribution in [0.1, 0.15) is 36.7 Å². The van der Waals surface area contributed by atoms with Gasteiger partial charge in [-0.25, -0.2) is 0 Å². The van der Waals surface area contributed by atoms with Gasteiger partial charge in [0.15, 0.2) is 0 Å². The third kappa shape index (κ3) is 3.39. The number of amides is 1. The maximum Gasteiger partial charge on any atom is 0.251 e. The Balaban J connectivity index is 2.92. The van der Waals surface area contributed by atoms with Crippen molar-refractivity contribution in [3.05, 3.63) is 29.3 Å². The molecule has 0 aliphatic heterocycles. The molecule has 0 saturated heterocycles. The van der Waals surface area contributed by atoms with Crippen molar-refractivity contribution in [3.8, 4) is 5.75 Å². The van der Waals surface area contributed by atoms with E-state index in [4.69, 9.17) is 16.3 Å². The van der Waals surface area contributed by atoms with Crippen molar-refractivity contribution in [1.29, 1.82) is 0 Å². The van der Waals surface area contributed by atoms with Crippen molar-refractivity contribution in [3.63, 3.8) is 0 Å². The predicted molar refractivity (Wildman–Crippen MR) is 74.6 cm³/mol. The van der Waals surface area contributed by atoms with Gasteiger partial charge < -0.3 is 10.1 Å². The number of hydrogen-bond donors (Lipinski definition) is 1. The third-order valence-electron chi connectivity index (χ3n) is 3.10. The average molecular weight is 270 g/mol. The zero-order valence-electron chi connectivity index (χ0n) is 11.5. The highest BCUT2D eigenvalue weighted by molar-refractivity contribution is 6.21. The Bertz CT molecular complexity index is 441. The Morgan fingerprint density at radius 2 is 2.06 bits per heavy atom. The summed E-state index contributed by atoms with van der Waals surface area (Å²) in [6.07, 6.45) is 0. The molecule has 1 amide bonds. The van der Waals surface area contributed by atoms with Gasteiger partial charge in [0.1, 0.15) is 5.75 Å². The minimum atomic E-state index is -0.462. The normalized spacial score (nSPS) is 13.0. The lowest BCUT2D eigenvalue weighted by molar-refractivity contribution is 0.0912. The molecule has 1 N–H and O–H groups in total. The molecular formula is C14H20ClNO2. The first-order valence-corrected chi connectivity index (χ1v) is 6.33. The number of halogens is 1. The van der Waals surface area contributed by atoms with Crippen LogP contribution in [-0.2, 0) is 0 Å². The lowest BCUT2D eigenvalue weighted by atomic mass is 10.0. The van der Waals surface area contributed by atoms with Crippen molar-refractivity contribution in [2.75, 3.05) is 7.11 Å². The minimum Gasteiger partial charge on any atom is -0.496 e. The first-order valence-electron chi connectivity index (χ1n) is 5.89. The quantitative estimate of drug-likeness (QED) is 0.853. The second kappa shape index (κ2) is 5.61. The largest absolute Gasteiger partial charge is 0.496 e. The van der Waals surface area contributed by atoms with E-state index < -0.39 is 5.54 Å². The van der Waals surface area contributed by atoms with Crippen LogP contribution in [0.2, 0.25) is 0 Å². The van der Waals surface area contributed by atoms with Gasteiger partial charge in [-0.15, -0.1) is 11.6 Å². The molecule has 18 heavy (non-hydrogen) atoms. The molecule has 0 aromatic heterocycles. The summed E-state index contributed by atoms with van der Waals surface area (Å²) in [6.45, 7) is 7.59. The summed E-state index contributed by atoms with van der Waals surface area (Å²) in [5, 5.41) is 2.76. The van der Waals surface area contributed by atoms with Crippen LogP contribution in [0.4, 0.5) is 0 Å². The highest BCUT2D eigenvalue weighted by Gasteiger charge is 2.26. The number of carbonyl (C=O) groups excluding carboxylic acids is 1. The lowest BCUT2D eigenvalue weighted by Gasteiger charge is -2.29. The summed E-state index contributed by atoms with van der Waals surface area (Å²) in [7, 11) is 1.59. The molecule has 0 saturated carbocycles. The van der Waals surface area contributed by atoms with Crippen molar-refractivity contribution in [2.24, 2.45) is 0 Å². The first-order chi connectivity index (χ1) is 8.27. The van der Waals surface area contributed by atoms with E-state index in [1.165, 1.54) is 0 Å². The molecule has 1 aromatic carbocycles. The highest BCUT2D eigenvalue weighted by Crippen LogP contribution is 2.20. The molecule has 0 aliphatic carbocycles. The molecule has 0 radical (unpaired) electrons. The molecular weight excluding hydrogens is 250 g/mol. The van der Waals surface area contributed by atoms with Crippen LogP contribution >= 0.6 is 11.6 Å². The van der Waals surface area contributed by atoms with Gasteiger partial charge in [-0.3, -0.25) is 4.79 Å². The second-order valence-electron chi connectivity index (χ2n) is 4.98. The van der Waals surface area contributed by atoms with Crippen LogP contribution in [0.5, 0.6) is 5.75 Å². The highest BCUT2D eigenvalue weighted by atomic mass is 35.5. The van der Waals surface area contributed by atoms with E-state index in [0.29, 0.717) is 11.3 Å². The van der Waals surface area contributed by atoms with Crippen LogP contribution in [0.25, 0.3) is 0 Å². The summed E-state index contributed by atoms with van der Waals surface area (Å²) in [4.78, 5) is 12.1. The van der Waals surface area contributed by atoms with E-state index in [2.05, 4.69) is 5.32 Å². The van der Waals surface area contributed by atoms with E-state index in [9.17, 15) is 4.79 Å². The molecule has 1 aromatic rings. The van der Waals surface area contributed by atoms with Gasteiger partial charge in [0, 0.05) is 5.56 Å². The van der Waals surface area contributed by atoms with Gasteiger partial charge in [0.25, 0.3) is 5.91 Å². The Kier molecular flexibility index (Phi) is 4.63. The molecule has 0 bridgehead atoms. The topological polar surface area (TPSA) is 38.3 Å². The second-order valence-corrected chi connectivity index (χ2v) is 5.63. The fourth-order valence-electron chi connectivity index (χ4n) is 1.43. The van der Waals surface area contributed by atoms with Crippen molar-refractivity contribution in [1.82, 2.24) is 5.32 Å². The zero-order chi connectivity index (χ0) is 13.9. The number of hydrogen-bond acceptors (Lipinski definition) is 2. The van der Waals surface area contributed by atoms with Gasteiger partial charge >= 0.3 is 0 Å². The van der Waals surface area contributed by atoms with Crippen LogP contribution < -0.4 is 10.1 Å². The van der Waals surface area contributed by atoms with E-state index in [0.717, 1.165) is 5.56 Å². The van der Waals surface area contributed by atoms with Crippen LogP contribution in [0.3, 0.4) is 0 Å². The van der Waals surface area contributed by atoms with Crippen LogP contribution in [0.15, 0.2) is 18.2 Å². The standard InChI is InChI=1S/C14H20ClNO2/c1-9-6-7-11(8-12(9)18-5)13(17)16-14(3,4)10(2)15/h6-8,10H,1-5H3,(H,16,17). The Morgan fingerprint density at radius 1 is 1.44 bits per heavy atom. The van der Waals surface area contributed by atoms with Gasteiger partial charge in [-0.05, 0) is 45.4 Å². The molecule has 100 valence electrons. The SMILES string of the molecule is COc1cc(C(=O)NC(C)(C)C(C)Cl)ccc1C. The number of alkyl halides is 1. The molecule has 3 nitrogen and oxygen atoms in total. The smallest absolute Gasteiger partial charge is 0.251 e. The molecule has 0 heterocycles. The van der Waals surface area contributed by atoms with Gasteiger partial charge in [0.2, 0.25) is 0 Å². The van der Waals surface area contributed by atoms with E-state index >= 15 is 0 Å². The summed E-state index contributed by atoms with van der Waals surface area (Å²) in [5.74, 6) is 0.560. The molecule has 4 heteroatoms. The molecule has 1 atom stereocenters. The van der Waals surface area contributed by atoms with Crippen molar-refractivity contribution >= 4 is 17.5 Å². The summed E-state index contributed by atoms with van der Waals surface area (Å²) >= 11 is 6.05. The number of ether oxygens (including phenoxy) is 1. The number of aryl methyl sites for hydroxylation is 1. The Morgan fingerprint density at radius 3 is 2.56 bits per heavy atom. The molecule has 0 fully saturated rings. The van der Waals surface area contributed by atoms with Gasteiger partial charge in [-0.1, -0.05) is 6.07 Å². The molecule has 1 rings (SSSR count). The average Bonchev–Trinajstić information content (AvgIpc) is 2.28. The number of benzene rings is 1. The van der Waals surface area contributed by atoms with E-state index in [1.54, 1.807) is 19.2 Å². The van der Waals surface area contributed by atoms with Crippen LogP contribution in [-0.4, -0.2) is 23.9 Å². The fraction of sp³-hybridized carbons (Fsp3) is 0.500. The van der Waals surface area contributed by atoms with E-state index in [-0.39, 0.29) is 11.3 Å². The summed E-state index contributed by atoms with van der Waals surface area (Å²) in [6, 6.07) is 5.38. The Hall–Kier alpha value is -1.22.